The first kappa shape index (κ1) is 8.93. The molecule has 0 N–H and O–H groups in total. The molecule has 1 atom stereocenters. The van der Waals surface area contributed by atoms with E-state index in [-0.39, 0.29) is 0 Å². The quantitative estimate of drug-likeness (QED) is 0.551. The Morgan fingerprint density at radius 3 is 2.58 bits per heavy atom. The normalized spacial score (nSPS) is 12.1. The molecule has 3 nitrogen and oxygen atoms in total. The highest BCUT2D eigenvalue weighted by Gasteiger charge is 2.15. The minimum atomic E-state index is -0.717. The number of Topliss-reactive ketones (excluding diaryl/α,β-unsaturated/α-hetero) is 1. The highest BCUT2D eigenvalue weighted by molar-refractivity contribution is 7.81. The van der Waals surface area contributed by atoms with E-state index in [1.807, 2.05) is 0 Å². The highest BCUT2D eigenvalue weighted by atomic mass is 32.1. The van der Waals surface area contributed by atoms with Crippen molar-refractivity contribution in [3.8, 4) is 0 Å². The molecule has 1 rings (SSSR count). The highest BCUT2D eigenvalue weighted by Crippen LogP contribution is 2.18. The molecule has 0 aromatic carbocycles. The van der Waals surface area contributed by atoms with Crippen molar-refractivity contribution in [3.63, 3.8) is 0 Å². The smallest absolute Gasteiger partial charge is 0.273 e. The number of rotatable bonds is 3. The molecule has 1 heterocycles. The molecular weight excluding hydrogens is 174 g/mol. The molecule has 1 aromatic rings. The van der Waals surface area contributed by atoms with E-state index in [4.69, 9.17) is 0 Å². The van der Waals surface area contributed by atoms with Gasteiger partial charge in [0.2, 0.25) is 5.78 Å². The van der Waals surface area contributed by atoms with Gasteiger partial charge in [-0.1, -0.05) is 0 Å². The van der Waals surface area contributed by atoms with Crippen LogP contribution < -0.4 is 0 Å². The van der Waals surface area contributed by atoms with Crippen LogP contribution in [0.2, 0.25) is 0 Å². The monoisotopic (exact) mass is 180 g/mol. The summed E-state index contributed by atoms with van der Waals surface area (Å²) in [6, 6.07) is 3.26. The standard InChI is InChI=1S/C8H6NO2S/c10-5-7(11)8(12)6-1-3-9-4-2-6/h1-4,8,12H. The fraction of sp³-hybridized carbons (Fsp3) is 0.125. The molecule has 61 valence electrons. The molecule has 0 saturated carbocycles. The summed E-state index contributed by atoms with van der Waals surface area (Å²) in [5.74, 6) is -0.662. The van der Waals surface area contributed by atoms with Gasteiger partial charge in [-0.25, -0.2) is 0 Å². The lowest BCUT2D eigenvalue weighted by atomic mass is 10.1. The molecule has 0 amide bonds. The van der Waals surface area contributed by atoms with Crippen molar-refractivity contribution < 1.29 is 9.59 Å². The van der Waals surface area contributed by atoms with Gasteiger partial charge in [-0.2, -0.15) is 12.6 Å². The number of hydrogen-bond donors (Lipinski definition) is 1. The molecule has 0 aliphatic heterocycles. The second-order valence-electron chi connectivity index (χ2n) is 2.15. The first-order chi connectivity index (χ1) is 5.75. The average Bonchev–Trinajstić information content (AvgIpc) is 2.17. The van der Waals surface area contributed by atoms with Crippen LogP contribution in [0.5, 0.6) is 0 Å². The van der Waals surface area contributed by atoms with Crippen molar-refractivity contribution in [2.45, 2.75) is 5.25 Å². The van der Waals surface area contributed by atoms with Crippen LogP contribution in [0.1, 0.15) is 10.8 Å². The van der Waals surface area contributed by atoms with E-state index in [1.54, 1.807) is 12.1 Å². The van der Waals surface area contributed by atoms with E-state index < -0.39 is 11.0 Å². The number of nitrogens with zero attached hydrogens (tertiary/aromatic N) is 1. The number of thiol groups is 1. The first-order valence-corrected chi connectivity index (χ1v) is 3.77. The Labute approximate surface area is 75.2 Å². The molecular formula is C8H6NO2S. The van der Waals surface area contributed by atoms with Crippen molar-refractivity contribution in [3.05, 3.63) is 30.1 Å². The molecule has 0 bridgehead atoms. The van der Waals surface area contributed by atoms with Gasteiger partial charge in [-0.05, 0) is 17.7 Å². The van der Waals surface area contributed by atoms with Gasteiger partial charge < -0.3 is 0 Å². The van der Waals surface area contributed by atoms with Crippen LogP contribution in [0.3, 0.4) is 0 Å². The zero-order chi connectivity index (χ0) is 8.97. The molecule has 12 heavy (non-hydrogen) atoms. The van der Waals surface area contributed by atoms with Gasteiger partial charge in [0.1, 0.15) is 0 Å². The van der Waals surface area contributed by atoms with Gasteiger partial charge in [-0.15, -0.1) is 0 Å². The summed E-state index contributed by atoms with van der Waals surface area (Å²) < 4.78 is 0. The number of aromatic nitrogens is 1. The summed E-state index contributed by atoms with van der Waals surface area (Å²) in [6.07, 6.45) is 4.35. The second-order valence-corrected chi connectivity index (χ2v) is 2.67. The van der Waals surface area contributed by atoms with Gasteiger partial charge in [0, 0.05) is 12.4 Å². The maximum Gasteiger partial charge on any atom is 0.273 e. The van der Waals surface area contributed by atoms with Crippen molar-refractivity contribution in [1.29, 1.82) is 0 Å². The molecule has 0 spiro atoms. The number of hydrogen-bond acceptors (Lipinski definition) is 4. The van der Waals surface area contributed by atoms with Crippen molar-refractivity contribution in [1.82, 2.24) is 4.98 Å². The summed E-state index contributed by atoms with van der Waals surface area (Å²) in [5.41, 5.74) is 0.654. The van der Waals surface area contributed by atoms with Crippen LogP contribution in [0.25, 0.3) is 0 Å². The summed E-state index contributed by atoms with van der Waals surface area (Å²) in [6.45, 7) is 0. The molecule has 0 fully saturated rings. The molecule has 4 heteroatoms. The molecule has 1 unspecified atom stereocenters. The third-order valence-corrected chi connectivity index (χ3v) is 1.90. The lowest BCUT2D eigenvalue weighted by molar-refractivity contribution is -0.112. The van der Waals surface area contributed by atoms with Crippen molar-refractivity contribution >= 4 is 24.7 Å². The van der Waals surface area contributed by atoms with E-state index in [0.717, 1.165) is 0 Å². The lowest BCUT2D eigenvalue weighted by Gasteiger charge is -2.03. The van der Waals surface area contributed by atoms with Crippen LogP contribution in [-0.2, 0) is 9.59 Å². The van der Waals surface area contributed by atoms with Gasteiger partial charge in [0.15, 0.2) is 0 Å². The Bertz CT molecular complexity index is 286. The third kappa shape index (κ3) is 1.92. The summed E-state index contributed by atoms with van der Waals surface area (Å²) in [5, 5.41) is -0.717. The number of pyridine rings is 1. The maximum absolute atomic E-state index is 10.8. The Morgan fingerprint density at radius 2 is 2.08 bits per heavy atom. The molecule has 0 aliphatic carbocycles. The van der Waals surface area contributed by atoms with Crippen LogP contribution in [0, 0.1) is 0 Å². The fourth-order valence-corrected chi connectivity index (χ4v) is 0.978. The summed E-state index contributed by atoms with van der Waals surface area (Å²) in [7, 11) is 0. The Balaban J connectivity index is 2.85. The molecule has 1 radical (unpaired) electrons. The van der Waals surface area contributed by atoms with Crippen LogP contribution in [0.15, 0.2) is 24.5 Å². The van der Waals surface area contributed by atoms with Gasteiger partial charge >= 0.3 is 0 Å². The van der Waals surface area contributed by atoms with Crippen LogP contribution in [0.4, 0.5) is 0 Å². The Hall–Kier alpha value is -1.16. The van der Waals surface area contributed by atoms with E-state index in [1.165, 1.54) is 18.7 Å². The zero-order valence-electron chi connectivity index (χ0n) is 6.10. The number of ketones is 1. The third-order valence-electron chi connectivity index (χ3n) is 1.37. The predicted molar refractivity (Wildman–Crippen MR) is 46.7 cm³/mol. The summed E-state index contributed by atoms with van der Waals surface area (Å²) in [4.78, 5) is 24.5. The topological polar surface area (TPSA) is 47.0 Å². The van der Waals surface area contributed by atoms with Crippen molar-refractivity contribution in [2.24, 2.45) is 0 Å². The van der Waals surface area contributed by atoms with Gasteiger partial charge in [0.25, 0.3) is 6.29 Å². The van der Waals surface area contributed by atoms with E-state index in [9.17, 15) is 9.59 Å². The Kier molecular flexibility index (Phi) is 2.99. The second kappa shape index (κ2) is 4.01. The fourth-order valence-electron chi connectivity index (χ4n) is 0.753. The van der Waals surface area contributed by atoms with E-state index in [2.05, 4.69) is 17.6 Å². The van der Waals surface area contributed by atoms with Crippen molar-refractivity contribution in [2.75, 3.05) is 0 Å². The molecule has 1 aromatic heterocycles. The van der Waals surface area contributed by atoms with Gasteiger partial charge in [0.05, 0.1) is 5.25 Å². The minimum absolute atomic E-state index is 0.654. The van der Waals surface area contributed by atoms with Crippen LogP contribution >= 0.6 is 12.6 Å². The zero-order valence-corrected chi connectivity index (χ0v) is 6.99. The van der Waals surface area contributed by atoms with E-state index in [0.29, 0.717) is 5.56 Å². The average molecular weight is 180 g/mol. The SMILES string of the molecule is O=[C]C(=O)C(S)c1ccncc1. The van der Waals surface area contributed by atoms with E-state index >= 15 is 0 Å². The molecule has 0 saturated heterocycles. The van der Waals surface area contributed by atoms with Crippen LogP contribution in [-0.4, -0.2) is 17.1 Å². The number of carbonyl (C=O) groups is 1. The minimum Gasteiger partial charge on any atom is -0.289 e. The number of carbonyl (C=O) groups excluding carboxylic acids is 2. The maximum atomic E-state index is 10.8. The first-order valence-electron chi connectivity index (χ1n) is 3.25. The van der Waals surface area contributed by atoms with Gasteiger partial charge in [-0.3, -0.25) is 14.6 Å². The Morgan fingerprint density at radius 1 is 1.50 bits per heavy atom. The summed E-state index contributed by atoms with van der Waals surface area (Å²) >= 11 is 3.95. The largest absolute Gasteiger partial charge is 0.289 e. The lowest BCUT2D eigenvalue weighted by Crippen LogP contribution is -2.07. The molecule has 0 aliphatic rings. The predicted octanol–water partition coefficient (Wildman–Crippen LogP) is 0.731.